The summed E-state index contributed by atoms with van der Waals surface area (Å²) in [6.07, 6.45) is 2.25. The number of nitrogens with zero attached hydrogens (tertiary/aromatic N) is 4. The van der Waals surface area contributed by atoms with Gasteiger partial charge in [0, 0.05) is 0 Å². The van der Waals surface area contributed by atoms with Gasteiger partial charge in [-0.2, -0.15) is 9.97 Å². The Morgan fingerprint density at radius 1 is 1.39 bits per heavy atom. The van der Waals surface area contributed by atoms with Crippen molar-refractivity contribution < 1.29 is 19.0 Å². The van der Waals surface area contributed by atoms with Gasteiger partial charge in [-0.25, -0.2) is 9.87 Å². The fourth-order valence-electron chi connectivity index (χ4n) is 3.85. The fourth-order valence-corrected chi connectivity index (χ4v) is 5.93. The minimum Gasteiger partial charge on any atom is -0.368 e. The van der Waals surface area contributed by atoms with Crippen molar-refractivity contribution in [2.75, 3.05) is 5.73 Å². The Kier molecular flexibility index (Phi) is 5.78. The molecular weight excluding hydrogens is 405 g/mol. The van der Waals surface area contributed by atoms with E-state index in [1.54, 1.807) is 10.9 Å². The molecule has 1 unspecified atom stereocenters. The molecule has 1 fully saturated rings. The monoisotopic (exact) mass is 431 g/mol. The Bertz CT molecular complexity index is 912. The van der Waals surface area contributed by atoms with E-state index in [0.717, 1.165) is 0 Å². The van der Waals surface area contributed by atoms with Crippen LogP contribution in [0.2, 0.25) is 5.15 Å². The Labute approximate surface area is 169 Å². The van der Waals surface area contributed by atoms with Crippen LogP contribution in [0.4, 0.5) is 5.95 Å². The summed E-state index contributed by atoms with van der Waals surface area (Å²) < 4.78 is 19.8. The van der Waals surface area contributed by atoms with Crippen molar-refractivity contribution >= 4 is 36.3 Å². The van der Waals surface area contributed by atoms with E-state index >= 15 is 0 Å². The summed E-state index contributed by atoms with van der Waals surface area (Å²) in [5, 5.41) is 0.174. The molecule has 1 aliphatic carbocycles. The predicted octanol–water partition coefficient (Wildman–Crippen LogP) is 3.65. The molecule has 2 aromatic heterocycles. The molecule has 3 atom stereocenters. The first-order valence-corrected chi connectivity index (χ1v) is 11.3. The van der Waals surface area contributed by atoms with Gasteiger partial charge >= 0.3 is 7.60 Å². The van der Waals surface area contributed by atoms with Gasteiger partial charge in [-0.1, -0.05) is 46.2 Å². The molecular formula is C17H27ClN5O4P. The van der Waals surface area contributed by atoms with Crippen LogP contribution in [0.25, 0.3) is 11.2 Å². The van der Waals surface area contributed by atoms with Crippen molar-refractivity contribution in [1.29, 1.82) is 0 Å². The zero-order valence-electron chi connectivity index (χ0n) is 16.7. The van der Waals surface area contributed by atoms with E-state index < -0.39 is 18.9 Å². The molecule has 0 bridgehead atoms. The summed E-state index contributed by atoms with van der Waals surface area (Å²) >= 11 is 6.07. The van der Waals surface area contributed by atoms with Gasteiger partial charge in [0.15, 0.2) is 10.8 Å². The van der Waals surface area contributed by atoms with Crippen molar-refractivity contribution in [3.05, 3.63) is 11.5 Å². The molecule has 1 aliphatic rings. The Morgan fingerprint density at radius 2 is 2.00 bits per heavy atom. The number of fused-ring (bicyclic) bond motifs is 1. The van der Waals surface area contributed by atoms with Crippen molar-refractivity contribution in [3.8, 4) is 0 Å². The molecule has 0 aliphatic heterocycles. The molecule has 2 heterocycles. The van der Waals surface area contributed by atoms with Gasteiger partial charge in [0.1, 0.15) is 11.1 Å². The second-order valence-corrected chi connectivity index (χ2v) is 10.5. The fraction of sp³-hybridized carbons (Fsp3) is 0.706. The molecule has 0 spiro atoms. The molecule has 2 aromatic rings. The molecule has 3 N–H and O–H groups in total. The molecule has 3 rings (SSSR count). The highest BCUT2D eigenvalue weighted by molar-refractivity contribution is 7.53. The third-order valence-corrected chi connectivity index (χ3v) is 7.82. The lowest BCUT2D eigenvalue weighted by Gasteiger charge is -2.29. The van der Waals surface area contributed by atoms with Gasteiger partial charge in [-0.15, -0.1) is 4.67 Å². The van der Waals surface area contributed by atoms with Gasteiger partial charge in [0.25, 0.3) is 0 Å². The summed E-state index contributed by atoms with van der Waals surface area (Å²) in [4.78, 5) is 28.4. The van der Waals surface area contributed by atoms with Gasteiger partial charge in [0.05, 0.1) is 18.5 Å². The van der Waals surface area contributed by atoms with Crippen LogP contribution < -0.4 is 5.73 Å². The maximum atomic E-state index is 12.8. The lowest BCUT2D eigenvalue weighted by atomic mass is 10.00. The number of imidazole rings is 1. The van der Waals surface area contributed by atoms with Crippen LogP contribution >= 0.6 is 19.2 Å². The minimum absolute atomic E-state index is 0.0218. The molecule has 0 aromatic carbocycles. The van der Waals surface area contributed by atoms with Gasteiger partial charge in [-0.3, -0.25) is 4.57 Å². The first kappa shape index (κ1) is 21.5. The number of aromatic nitrogens is 4. The number of hydrogen-bond acceptors (Lipinski definition) is 7. The topological polar surface area (TPSA) is 125 Å². The highest BCUT2D eigenvalue weighted by atomic mass is 35.5. The third kappa shape index (κ3) is 4.04. The summed E-state index contributed by atoms with van der Waals surface area (Å²) in [6.45, 7) is 9.93. The van der Waals surface area contributed by atoms with E-state index in [-0.39, 0.29) is 28.9 Å². The molecule has 11 heteroatoms. The normalized spacial score (nSPS) is 24.4. The van der Waals surface area contributed by atoms with Gasteiger partial charge in [-0.05, 0) is 24.2 Å². The largest absolute Gasteiger partial charge is 0.368 e. The molecule has 9 nitrogen and oxygen atoms in total. The lowest BCUT2D eigenvalue weighted by Crippen LogP contribution is -2.28. The molecule has 1 saturated carbocycles. The smallest absolute Gasteiger partial charge is 0.359 e. The van der Waals surface area contributed by atoms with Gasteiger partial charge in [0.2, 0.25) is 5.95 Å². The summed E-state index contributed by atoms with van der Waals surface area (Å²) in [6, 6.07) is 0. The number of nitrogen functional groups attached to an aromatic ring is 1. The Hall–Kier alpha value is -1.25. The number of hydrogen-bond donors (Lipinski definition) is 2. The number of rotatable bonds is 8. The number of halogens is 1. The van der Waals surface area contributed by atoms with E-state index in [4.69, 9.17) is 26.9 Å². The minimum atomic E-state index is -3.97. The standard InChI is InChI=1S/C17H27ClN5O4P/c1-9(2)13(10(3)4)28(24,25)27-26-17(6-11(17)5)7-23-8-20-12-14(18)21-16(19)22-15(12)23/h8-11,13H,6-7H2,1-5H3,(H,24,25)(H2,19,21,22)/t11-,17+/m1/s1. The molecule has 28 heavy (non-hydrogen) atoms. The first-order valence-electron chi connectivity index (χ1n) is 9.30. The van der Waals surface area contributed by atoms with Crippen LogP contribution in [0.3, 0.4) is 0 Å². The van der Waals surface area contributed by atoms with E-state index in [2.05, 4.69) is 15.0 Å². The van der Waals surface area contributed by atoms with Crippen molar-refractivity contribution in [3.63, 3.8) is 0 Å². The zero-order valence-corrected chi connectivity index (χ0v) is 18.3. The molecule has 0 amide bonds. The maximum absolute atomic E-state index is 12.8. The molecule has 156 valence electrons. The Morgan fingerprint density at radius 3 is 2.54 bits per heavy atom. The highest BCUT2D eigenvalue weighted by Gasteiger charge is 2.56. The van der Waals surface area contributed by atoms with E-state index in [0.29, 0.717) is 24.1 Å². The molecule has 0 saturated heterocycles. The van der Waals surface area contributed by atoms with Crippen molar-refractivity contribution in [1.82, 2.24) is 19.5 Å². The third-order valence-electron chi connectivity index (χ3n) is 5.32. The van der Waals surface area contributed by atoms with Crippen LogP contribution in [0, 0.1) is 17.8 Å². The lowest BCUT2D eigenvalue weighted by molar-refractivity contribution is -0.271. The number of anilines is 1. The SMILES string of the molecule is CC(C)C(C(C)C)P(=O)(O)OO[C@]1(Cn2cnc3c(Cl)nc(N)nc32)C[C@H]1C. The van der Waals surface area contributed by atoms with Crippen LogP contribution in [0.15, 0.2) is 6.33 Å². The van der Waals surface area contributed by atoms with E-state index in [1.165, 1.54) is 0 Å². The quantitative estimate of drug-likeness (QED) is 0.281. The van der Waals surface area contributed by atoms with Crippen LogP contribution in [0.5, 0.6) is 0 Å². The van der Waals surface area contributed by atoms with Crippen molar-refractivity contribution in [2.45, 2.75) is 58.8 Å². The summed E-state index contributed by atoms with van der Waals surface area (Å²) in [5.74, 6) is 0.139. The van der Waals surface area contributed by atoms with Crippen LogP contribution in [-0.4, -0.2) is 35.7 Å². The Balaban J connectivity index is 1.80. The highest BCUT2D eigenvalue weighted by Crippen LogP contribution is 2.57. The molecule has 0 radical (unpaired) electrons. The number of nitrogens with two attached hydrogens (primary N) is 1. The zero-order chi connectivity index (χ0) is 20.9. The second kappa shape index (κ2) is 7.54. The van der Waals surface area contributed by atoms with Crippen molar-refractivity contribution in [2.24, 2.45) is 17.8 Å². The first-order chi connectivity index (χ1) is 13.0. The average Bonchev–Trinajstić information content (AvgIpc) is 3.00. The van der Waals surface area contributed by atoms with Crippen LogP contribution in [-0.2, 0) is 20.7 Å². The van der Waals surface area contributed by atoms with Gasteiger partial charge < -0.3 is 15.2 Å². The van der Waals surface area contributed by atoms with Crippen LogP contribution in [0.1, 0.15) is 41.0 Å². The average molecular weight is 432 g/mol. The summed E-state index contributed by atoms with van der Waals surface area (Å²) in [5.41, 5.74) is 5.36. The second-order valence-electron chi connectivity index (χ2n) is 8.29. The van der Waals surface area contributed by atoms with E-state index in [1.807, 2.05) is 34.6 Å². The summed E-state index contributed by atoms with van der Waals surface area (Å²) in [7, 11) is -3.97. The predicted molar refractivity (Wildman–Crippen MR) is 107 cm³/mol. The maximum Gasteiger partial charge on any atom is 0.359 e. The van der Waals surface area contributed by atoms with E-state index in [9.17, 15) is 9.46 Å².